The summed E-state index contributed by atoms with van der Waals surface area (Å²) in [6, 6.07) is 9.45. The molecule has 0 aliphatic heterocycles. The van der Waals surface area contributed by atoms with Gasteiger partial charge in [0.15, 0.2) is 11.6 Å². The average Bonchev–Trinajstić information content (AvgIpc) is 2.82. The highest BCUT2D eigenvalue weighted by molar-refractivity contribution is 7.92. The molecule has 0 aliphatic carbocycles. The maximum absolute atomic E-state index is 14.9. The first-order valence-electron chi connectivity index (χ1n) is 10.3. The number of halogens is 3. The number of aldehydes is 1. The van der Waals surface area contributed by atoms with Crippen molar-refractivity contribution in [1.82, 2.24) is 0 Å². The quantitative estimate of drug-likeness (QED) is 0.270. The summed E-state index contributed by atoms with van der Waals surface area (Å²) in [5.41, 5.74) is 6.71. The van der Waals surface area contributed by atoms with Crippen molar-refractivity contribution in [1.29, 1.82) is 0 Å². The lowest BCUT2D eigenvalue weighted by Gasteiger charge is -2.19. The lowest BCUT2D eigenvalue weighted by Crippen LogP contribution is -2.23. The van der Waals surface area contributed by atoms with E-state index in [9.17, 15) is 23.2 Å². The van der Waals surface area contributed by atoms with Gasteiger partial charge < -0.3 is 20.1 Å². The van der Waals surface area contributed by atoms with Gasteiger partial charge in [0.05, 0.1) is 5.02 Å². The first kappa shape index (κ1) is 25.8. The van der Waals surface area contributed by atoms with Crippen molar-refractivity contribution in [2.24, 2.45) is 5.73 Å². The second kappa shape index (κ2) is 11.1. The van der Waals surface area contributed by atoms with Crippen LogP contribution in [0.4, 0.5) is 14.5 Å². The third kappa shape index (κ3) is 5.61. The van der Waals surface area contributed by atoms with Gasteiger partial charge in [0.25, 0.3) is 0 Å². The molecule has 0 spiro atoms. The highest BCUT2D eigenvalue weighted by Crippen LogP contribution is 2.38. The topological polar surface area (TPSA) is 108 Å². The van der Waals surface area contributed by atoms with Gasteiger partial charge in [-0.3, -0.25) is 4.79 Å². The van der Waals surface area contributed by atoms with Crippen LogP contribution in [0.3, 0.4) is 0 Å². The molecule has 6 nitrogen and oxygen atoms in total. The number of carbonyl (C=O) groups is 1. The number of benzene rings is 3. The second-order valence-electron chi connectivity index (χ2n) is 7.50. The fraction of sp³-hybridized carbons (Fsp3) is 0.208. The monoisotopic (exact) mass is 508 g/mol. The van der Waals surface area contributed by atoms with E-state index in [0.717, 1.165) is 11.6 Å². The fourth-order valence-electron chi connectivity index (χ4n) is 3.17. The molecule has 0 aliphatic rings. The highest BCUT2D eigenvalue weighted by atomic mass is 35.5. The zero-order valence-electron chi connectivity index (χ0n) is 18.4. The number of phenols is 1. The van der Waals surface area contributed by atoms with Crippen molar-refractivity contribution in [3.8, 4) is 22.6 Å². The van der Waals surface area contributed by atoms with E-state index in [2.05, 4.69) is 4.72 Å². The Hall–Kier alpha value is -2.85. The van der Waals surface area contributed by atoms with Crippen LogP contribution in [-0.2, 0) is 17.8 Å². The summed E-state index contributed by atoms with van der Waals surface area (Å²) in [6.45, 7) is 3.93. The van der Waals surface area contributed by atoms with Crippen molar-refractivity contribution < 1.29 is 28.0 Å². The van der Waals surface area contributed by atoms with E-state index < -0.39 is 28.7 Å². The minimum atomic E-state index is -2.23. The molecule has 2 unspecified atom stereocenters. The number of carbonyl (C=O) groups excluding carboxylic acids is 1. The number of phenolic OH excluding ortho intramolecular Hbond substituents is 1. The zero-order chi connectivity index (χ0) is 25.0. The Bertz CT molecular complexity index is 1210. The van der Waals surface area contributed by atoms with Crippen LogP contribution < -0.4 is 15.2 Å². The molecule has 0 bridgehead atoms. The summed E-state index contributed by atoms with van der Waals surface area (Å²) in [5, 5.41) is 9.96. The average molecular weight is 509 g/mol. The smallest absolute Gasteiger partial charge is 0.223 e. The van der Waals surface area contributed by atoms with Crippen molar-refractivity contribution in [2.75, 3.05) is 11.3 Å². The molecule has 3 aromatic rings. The van der Waals surface area contributed by atoms with Gasteiger partial charge >= 0.3 is 0 Å². The molecule has 0 amide bonds. The molecule has 34 heavy (non-hydrogen) atoms. The predicted molar refractivity (Wildman–Crippen MR) is 129 cm³/mol. The van der Waals surface area contributed by atoms with E-state index in [1.54, 1.807) is 19.1 Å². The van der Waals surface area contributed by atoms with Crippen LogP contribution in [-0.4, -0.2) is 28.6 Å². The van der Waals surface area contributed by atoms with Crippen LogP contribution in [0.25, 0.3) is 11.1 Å². The number of anilines is 1. The standard InChI is InChI=1S/C24H23ClF2N2O4S/c1-3-14-4-5-22(33-13(2)11-28)17(6-14)16-9-21(20(27)10-19(16)26)29-34(32)23-8-15(12-30)7-18(25)24(23)31/h4-10,12-13,29,31H,3,11,28H2,1-2H3. The van der Waals surface area contributed by atoms with E-state index in [4.69, 9.17) is 22.1 Å². The van der Waals surface area contributed by atoms with Gasteiger partial charge in [-0.2, -0.15) is 0 Å². The molecule has 2 atom stereocenters. The summed E-state index contributed by atoms with van der Waals surface area (Å²) in [5.74, 6) is -2.02. The Kier molecular flexibility index (Phi) is 8.37. The highest BCUT2D eigenvalue weighted by Gasteiger charge is 2.24. The van der Waals surface area contributed by atoms with Crippen LogP contribution >= 0.6 is 11.6 Å². The molecule has 3 rings (SSSR count). The summed E-state index contributed by atoms with van der Waals surface area (Å²) in [7, 11) is 0. The number of aryl methyl sites for hydroxylation is 1. The van der Waals surface area contributed by atoms with Crippen molar-refractivity contribution in [3.63, 3.8) is 0 Å². The molecule has 0 heterocycles. The van der Waals surface area contributed by atoms with Gasteiger partial charge in [0, 0.05) is 35.4 Å². The SMILES string of the molecule is CCc1ccc(OC(C)CN)c(-c2cc(N[S+]([O-])c3cc(C=O)cc(Cl)c3O)c(F)cc2F)c1. The van der Waals surface area contributed by atoms with E-state index in [-0.39, 0.29) is 39.4 Å². The Morgan fingerprint density at radius 3 is 2.59 bits per heavy atom. The summed E-state index contributed by atoms with van der Waals surface area (Å²) >= 11 is 3.66. The summed E-state index contributed by atoms with van der Waals surface area (Å²) in [6.07, 6.45) is 0.787. The van der Waals surface area contributed by atoms with E-state index >= 15 is 0 Å². The Morgan fingerprint density at radius 2 is 1.94 bits per heavy atom. The Labute approximate surface area is 204 Å². The Balaban J connectivity index is 2.06. The zero-order valence-corrected chi connectivity index (χ0v) is 20.0. The molecule has 0 fully saturated rings. The minimum Gasteiger partial charge on any atom is -0.588 e. The summed E-state index contributed by atoms with van der Waals surface area (Å²) in [4.78, 5) is 10.9. The van der Waals surface area contributed by atoms with Crippen LogP contribution in [0.1, 0.15) is 29.8 Å². The third-order valence-corrected chi connectivity index (χ3v) is 6.45. The first-order chi connectivity index (χ1) is 16.2. The van der Waals surface area contributed by atoms with Crippen LogP contribution in [0.2, 0.25) is 5.02 Å². The van der Waals surface area contributed by atoms with Crippen LogP contribution in [0.5, 0.6) is 11.5 Å². The number of aromatic hydroxyl groups is 1. The number of rotatable bonds is 9. The van der Waals surface area contributed by atoms with Crippen molar-refractivity contribution >= 4 is 34.9 Å². The van der Waals surface area contributed by atoms with Gasteiger partial charge in [-0.05, 0) is 43.2 Å². The number of nitrogens with two attached hydrogens (primary N) is 1. The largest absolute Gasteiger partial charge is 0.588 e. The molecule has 0 saturated heterocycles. The second-order valence-corrected chi connectivity index (χ2v) is 9.09. The van der Waals surface area contributed by atoms with Gasteiger partial charge in [-0.15, -0.1) is 0 Å². The third-order valence-electron chi connectivity index (χ3n) is 5.05. The molecule has 3 aromatic carbocycles. The van der Waals surface area contributed by atoms with Gasteiger partial charge in [0.2, 0.25) is 4.90 Å². The maximum atomic E-state index is 14.9. The maximum Gasteiger partial charge on any atom is 0.223 e. The lowest BCUT2D eigenvalue weighted by molar-refractivity contribution is 0.112. The minimum absolute atomic E-state index is 0.0133. The van der Waals surface area contributed by atoms with E-state index in [0.29, 0.717) is 30.1 Å². The fourth-order valence-corrected chi connectivity index (χ4v) is 4.45. The van der Waals surface area contributed by atoms with E-state index in [1.807, 2.05) is 13.0 Å². The molecule has 4 N–H and O–H groups in total. The number of hydrogen-bond donors (Lipinski definition) is 3. The Morgan fingerprint density at radius 1 is 1.21 bits per heavy atom. The molecular weight excluding hydrogens is 486 g/mol. The molecule has 180 valence electrons. The molecule has 0 aromatic heterocycles. The lowest BCUT2D eigenvalue weighted by atomic mass is 9.99. The van der Waals surface area contributed by atoms with E-state index in [1.165, 1.54) is 12.1 Å². The van der Waals surface area contributed by atoms with Crippen LogP contribution in [0, 0.1) is 11.6 Å². The summed E-state index contributed by atoms with van der Waals surface area (Å²) < 4.78 is 50.6. The molecule has 0 saturated carbocycles. The molecule has 10 heteroatoms. The number of nitrogens with one attached hydrogen (secondary N) is 1. The van der Waals surface area contributed by atoms with Crippen molar-refractivity contribution in [3.05, 3.63) is 70.2 Å². The normalized spacial score (nSPS) is 12.8. The number of hydrogen-bond acceptors (Lipinski definition) is 6. The van der Waals surface area contributed by atoms with Crippen molar-refractivity contribution in [2.45, 2.75) is 31.3 Å². The van der Waals surface area contributed by atoms with Gasteiger partial charge in [0.1, 0.15) is 41.0 Å². The number of ether oxygens (including phenoxy) is 1. The molecular formula is C24H23ClF2N2O4S. The first-order valence-corrected chi connectivity index (χ1v) is 11.9. The van der Waals surface area contributed by atoms with Crippen LogP contribution in [0.15, 0.2) is 47.4 Å². The van der Waals surface area contributed by atoms with Gasteiger partial charge in [-0.1, -0.05) is 24.6 Å². The molecule has 0 radical (unpaired) electrons. The predicted octanol–water partition coefficient (Wildman–Crippen LogP) is 5.23. The van der Waals surface area contributed by atoms with Gasteiger partial charge in [-0.25, -0.2) is 13.5 Å².